The molecule has 26 heavy (non-hydrogen) atoms. The Morgan fingerprint density at radius 2 is 2.04 bits per heavy atom. The molecule has 0 amide bonds. The molecule has 0 spiro atoms. The molecule has 1 aromatic carbocycles. The van der Waals surface area contributed by atoms with Crippen molar-refractivity contribution < 1.29 is 22.5 Å². The highest BCUT2D eigenvalue weighted by atomic mass is 32.2. The number of ether oxygens (including phenoxy) is 1. The second kappa shape index (κ2) is 7.77. The number of sulfonamides is 1. The molecule has 0 aliphatic rings. The monoisotopic (exact) mass is 393 g/mol. The van der Waals surface area contributed by atoms with Crippen LogP contribution in [0.15, 0.2) is 57.3 Å². The Balaban J connectivity index is 1.56. The Morgan fingerprint density at radius 1 is 1.27 bits per heavy atom. The third-order valence-corrected chi connectivity index (χ3v) is 5.71. The number of nitrogens with one attached hydrogen (secondary N) is 1. The molecule has 136 valence electrons. The van der Waals surface area contributed by atoms with Crippen LogP contribution in [-0.2, 0) is 26.2 Å². The number of benzene rings is 1. The fraction of sp³-hybridized carbons (Fsp3) is 0.188. The van der Waals surface area contributed by atoms with Crippen molar-refractivity contribution in [2.45, 2.75) is 24.5 Å². The molecule has 3 aromatic rings. The first-order valence-corrected chi connectivity index (χ1v) is 9.92. The number of aromatic nitrogens is 2. The Hall–Kier alpha value is -2.56. The van der Waals surface area contributed by atoms with Crippen molar-refractivity contribution in [3.8, 4) is 10.7 Å². The minimum absolute atomic E-state index is 0.0668. The largest absolute Gasteiger partial charge is 0.454 e. The molecule has 8 nitrogen and oxygen atoms in total. The van der Waals surface area contributed by atoms with Crippen LogP contribution in [0.1, 0.15) is 12.8 Å². The number of hydrogen-bond acceptors (Lipinski definition) is 8. The SMILES string of the molecule is CC(NS(=O)(=O)c1ccccc1)C(=O)OCc1nc(-c2cccs2)no1. The average molecular weight is 393 g/mol. The molecule has 1 N–H and O–H groups in total. The van der Waals surface area contributed by atoms with Crippen LogP contribution in [-0.4, -0.2) is 30.6 Å². The van der Waals surface area contributed by atoms with E-state index in [0.717, 1.165) is 4.88 Å². The molecule has 2 heterocycles. The summed E-state index contributed by atoms with van der Waals surface area (Å²) in [7, 11) is -3.81. The van der Waals surface area contributed by atoms with Crippen LogP contribution in [0.25, 0.3) is 10.7 Å². The number of rotatable bonds is 7. The number of hydrogen-bond donors (Lipinski definition) is 1. The summed E-state index contributed by atoms with van der Waals surface area (Å²) in [5.41, 5.74) is 0. The van der Waals surface area contributed by atoms with E-state index in [2.05, 4.69) is 14.9 Å². The number of thiophene rings is 1. The maximum atomic E-state index is 12.2. The molecular formula is C16H15N3O5S2. The first-order valence-electron chi connectivity index (χ1n) is 7.56. The summed E-state index contributed by atoms with van der Waals surface area (Å²) in [4.78, 5) is 17.0. The molecule has 3 rings (SSSR count). The van der Waals surface area contributed by atoms with Crippen molar-refractivity contribution in [3.05, 3.63) is 53.7 Å². The molecule has 1 unspecified atom stereocenters. The van der Waals surface area contributed by atoms with Crippen LogP contribution in [0.3, 0.4) is 0 Å². The van der Waals surface area contributed by atoms with Crippen molar-refractivity contribution in [2.24, 2.45) is 0 Å². The van der Waals surface area contributed by atoms with Gasteiger partial charge in [-0.25, -0.2) is 8.42 Å². The summed E-state index contributed by atoms with van der Waals surface area (Å²) in [5, 5.41) is 5.68. The number of carbonyl (C=O) groups excluding carboxylic acids is 1. The predicted molar refractivity (Wildman–Crippen MR) is 93.6 cm³/mol. The lowest BCUT2D eigenvalue weighted by molar-refractivity contribution is -0.147. The smallest absolute Gasteiger partial charge is 0.324 e. The van der Waals surface area contributed by atoms with Gasteiger partial charge in [-0.2, -0.15) is 9.71 Å². The fourth-order valence-electron chi connectivity index (χ4n) is 2.03. The van der Waals surface area contributed by atoms with Crippen molar-refractivity contribution >= 4 is 27.3 Å². The minimum atomic E-state index is -3.81. The van der Waals surface area contributed by atoms with E-state index in [4.69, 9.17) is 9.26 Å². The summed E-state index contributed by atoms with van der Waals surface area (Å²) in [6.45, 7) is 1.16. The van der Waals surface area contributed by atoms with Crippen LogP contribution < -0.4 is 4.72 Å². The van der Waals surface area contributed by atoms with Crippen LogP contribution >= 0.6 is 11.3 Å². The average Bonchev–Trinajstić information content (AvgIpc) is 3.31. The summed E-state index contributed by atoms with van der Waals surface area (Å²) in [6.07, 6.45) is 0. The first-order chi connectivity index (χ1) is 12.5. The molecule has 0 aliphatic carbocycles. The molecule has 2 aromatic heterocycles. The predicted octanol–water partition coefficient (Wildman–Crippen LogP) is 2.21. The molecule has 0 radical (unpaired) electrons. The Labute approximate surface area is 153 Å². The van der Waals surface area contributed by atoms with Crippen molar-refractivity contribution in [1.82, 2.24) is 14.9 Å². The second-order valence-electron chi connectivity index (χ2n) is 5.25. The van der Waals surface area contributed by atoms with Gasteiger partial charge in [-0.3, -0.25) is 4.79 Å². The van der Waals surface area contributed by atoms with Gasteiger partial charge >= 0.3 is 5.97 Å². The van der Waals surface area contributed by atoms with Crippen LogP contribution in [0, 0.1) is 0 Å². The van der Waals surface area contributed by atoms with Crippen molar-refractivity contribution in [1.29, 1.82) is 0 Å². The molecule has 0 fully saturated rings. The molecule has 0 aliphatic heterocycles. The quantitative estimate of drug-likeness (QED) is 0.613. The van der Waals surface area contributed by atoms with E-state index in [1.165, 1.54) is 30.4 Å². The zero-order valence-corrected chi connectivity index (χ0v) is 15.3. The summed E-state index contributed by atoms with van der Waals surface area (Å²) in [5.74, 6) is -0.218. The van der Waals surface area contributed by atoms with E-state index in [1.807, 2.05) is 17.5 Å². The van der Waals surface area contributed by atoms with Crippen molar-refractivity contribution in [3.63, 3.8) is 0 Å². The standard InChI is InChI=1S/C16H15N3O5S2/c1-11(19-26(21,22)12-6-3-2-4-7-12)16(20)23-10-14-17-15(18-24-14)13-8-5-9-25-13/h2-9,11,19H,10H2,1H3. The van der Waals surface area contributed by atoms with Crippen LogP contribution in [0.5, 0.6) is 0 Å². The third-order valence-electron chi connectivity index (χ3n) is 3.29. The minimum Gasteiger partial charge on any atom is -0.454 e. The van der Waals surface area contributed by atoms with E-state index in [1.54, 1.807) is 18.2 Å². The van der Waals surface area contributed by atoms with E-state index in [-0.39, 0.29) is 17.4 Å². The first kappa shape index (κ1) is 18.2. The highest BCUT2D eigenvalue weighted by molar-refractivity contribution is 7.89. The van der Waals surface area contributed by atoms with E-state index in [0.29, 0.717) is 5.82 Å². The zero-order valence-electron chi connectivity index (χ0n) is 13.7. The van der Waals surface area contributed by atoms with Gasteiger partial charge in [0.25, 0.3) is 5.89 Å². The number of carbonyl (C=O) groups is 1. The molecule has 0 saturated carbocycles. The van der Waals surface area contributed by atoms with Crippen molar-refractivity contribution in [2.75, 3.05) is 0 Å². The van der Waals surface area contributed by atoms with Gasteiger partial charge in [-0.1, -0.05) is 29.4 Å². The zero-order chi connectivity index (χ0) is 18.6. The lowest BCUT2D eigenvalue weighted by Crippen LogP contribution is -2.39. The fourth-order valence-corrected chi connectivity index (χ4v) is 3.89. The maximum Gasteiger partial charge on any atom is 0.324 e. The highest BCUT2D eigenvalue weighted by Crippen LogP contribution is 2.21. The maximum absolute atomic E-state index is 12.2. The lowest BCUT2D eigenvalue weighted by atomic mass is 10.4. The summed E-state index contributed by atoms with van der Waals surface area (Å²) in [6, 6.07) is 10.4. The Kier molecular flexibility index (Phi) is 5.45. The van der Waals surface area contributed by atoms with Gasteiger partial charge in [0, 0.05) is 0 Å². The van der Waals surface area contributed by atoms with Gasteiger partial charge in [-0.15, -0.1) is 11.3 Å². The van der Waals surface area contributed by atoms with E-state index < -0.39 is 22.0 Å². The molecule has 0 bridgehead atoms. The van der Waals surface area contributed by atoms with E-state index in [9.17, 15) is 13.2 Å². The van der Waals surface area contributed by atoms with Crippen LogP contribution in [0.2, 0.25) is 0 Å². The Morgan fingerprint density at radius 3 is 2.73 bits per heavy atom. The normalized spacial score (nSPS) is 12.7. The second-order valence-corrected chi connectivity index (χ2v) is 7.91. The highest BCUT2D eigenvalue weighted by Gasteiger charge is 2.23. The van der Waals surface area contributed by atoms with Gasteiger partial charge in [0.2, 0.25) is 15.8 Å². The van der Waals surface area contributed by atoms with Gasteiger partial charge in [-0.05, 0) is 30.5 Å². The molecule has 10 heteroatoms. The molecule has 0 saturated heterocycles. The van der Waals surface area contributed by atoms with Gasteiger partial charge in [0.05, 0.1) is 9.77 Å². The van der Waals surface area contributed by atoms with Gasteiger partial charge < -0.3 is 9.26 Å². The summed E-state index contributed by atoms with van der Waals surface area (Å²) >= 11 is 1.45. The summed E-state index contributed by atoms with van der Waals surface area (Å²) < 4.78 is 36.7. The van der Waals surface area contributed by atoms with Gasteiger partial charge in [0.1, 0.15) is 6.04 Å². The molecular weight excluding hydrogens is 378 g/mol. The molecule has 1 atom stereocenters. The lowest BCUT2D eigenvalue weighted by Gasteiger charge is -2.13. The topological polar surface area (TPSA) is 111 Å². The Bertz CT molecular complexity index is 969. The van der Waals surface area contributed by atoms with Crippen LogP contribution in [0.4, 0.5) is 0 Å². The number of esters is 1. The third kappa shape index (κ3) is 4.34. The van der Waals surface area contributed by atoms with Gasteiger partial charge in [0.15, 0.2) is 6.61 Å². The van der Waals surface area contributed by atoms with E-state index >= 15 is 0 Å². The number of nitrogens with zero attached hydrogens (tertiary/aromatic N) is 2.